The largest absolute Gasteiger partial charge is 0.496 e. The average Bonchev–Trinajstić information content (AvgIpc) is 4.10. The van der Waals surface area contributed by atoms with Crippen molar-refractivity contribution in [3.8, 4) is 33.8 Å². The van der Waals surface area contributed by atoms with Crippen LogP contribution in [-0.2, 0) is 33.6 Å². The third-order valence-corrected chi connectivity index (χ3v) is 13.2. The van der Waals surface area contributed by atoms with Crippen molar-refractivity contribution >= 4 is 39.2 Å². The van der Waals surface area contributed by atoms with Gasteiger partial charge in [0.15, 0.2) is 5.78 Å². The summed E-state index contributed by atoms with van der Waals surface area (Å²) < 4.78 is 27.9. The molecule has 10 rings (SSSR count). The van der Waals surface area contributed by atoms with E-state index in [4.69, 9.17) is 24.3 Å². The summed E-state index contributed by atoms with van der Waals surface area (Å²) >= 11 is 0. The second-order valence-corrected chi connectivity index (χ2v) is 18.9. The summed E-state index contributed by atoms with van der Waals surface area (Å²) in [6.07, 6.45) is 6.50. The minimum atomic E-state index is -1.29. The number of methoxy groups -OCH3 is 2. The Balaban J connectivity index is 0.000000181. The number of carboxylic acid groups (broad SMARTS) is 1. The Morgan fingerprint density at radius 3 is 1.46 bits per heavy atom. The van der Waals surface area contributed by atoms with Crippen LogP contribution in [0.1, 0.15) is 71.7 Å². The first-order valence-corrected chi connectivity index (χ1v) is 24.7. The molecule has 404 valence electrons. The maximum absolute atomic E-state index is 13.8. The second-order valence-electron chi connectivity index (χ2n) is 18.9. The van der Waals surface area contributed by atoms with Crippen LogP contribution in [0.15, 0.2) is 138 Å². The molecule has 0 saturated carbocycles. The Hall–Kier alpha value is -9.98. The molecule has 2 aromatic carbocycles. The summed E-state index contributed by atoms with van der Waals surface area (Å²) in [6.45, 7) is 11.0. The summed E-state index contributed by atoms with van der Waals surface area (Å²) in [6, 6.07) is 24.4. The molecule has 0 amide bonds. The maximum atomic E-state index is 13.8. The zero-order valence-corrected chi connectivity index (χ0v) is 45.2. The molecule has 20 nitrogen and oxygen atoms in total. The summed E-state index contributed by atoms with van der Waals surface area (Å²) in [4.78, 5) is 83.9. The number of ketones is 1. The minimum absolute atomic E-state index is 0.00852. The van der Waals surface area contributed by atoms with Crippen molar-refractivity contribution in [2.75, 3.05) is 20.0 Å². The van der Waals surface area contributed by atoms with E-state index in [2.05, 4.69) is 20.3 Å². The first kappa shape index (κ1) is 55.3. The molecular weight excluding hydrogens is 1010 g/mol. The number of ether oxygens (including phenoxy) is 2. The van der Waals surface area contributed by atoms with Crippen LogP contribution in [0.4, 0.5) is 5.69 Å². The van der Waals surface area contributed by atoms with Gasteiger partial charge in [0.2, 0.25) is 0 Å². The number of aromatic carboxylic acids is 1. The average molecular weight is 1070 g/mol. The Bertz CT molecular complexity index is 4140. The van der Waals surface area contributed by atoms with Gasteiger partial charge in [-0.25, -0.2) is 4.79 Å². The highest BCUT2D eigenvalue weighted by atomic mass is 16.5. The molecule has 8 heterocycles. The number of nitrogens with zero attached hydrogens (tertiary/aromatic N) is 8. The van der Waals surface area contributed by atoms with E-state index in [0.717, 1.165) is 16.7 Å². The monoisotopic (exact) mass is 1070 g/mol. The number of carbonyl (C=O) groups excluding carboxylic acids is 1. The number of rotatable bonds is 12. The normalized spacial score (nSPS) is 11.0. The van der Waals surface area contributed by atoms with E-state index < -0.39 is 17.1 Å². The predicted molar refractivity (Wildman–Crippen MR) is 298 cm³/mol. The lowest BCUT2D eigenvalue weighted by atomic mass is 9.98. The van der Waals surface area contributed by atoms with Crippen LogP contribution >= 0.6 is 0 Å². The number of pyridine rings is 6. The molecule has 79 heavy (non-hydrogen) atoms. The molecule has 0 aliphatic rings. The van der Waals surface area contributed by atoms with E-state index in [1.807, 2.05) is 45.0 Å². The van der Waals surface area contributed by atoms with Gasteiger partial charge in [0.1, 0.15) is 28.6 Å². The van der Waals surface area contributed by atoms with Gasteiger partial charge in [-0.05, 0) is 108 Å². The highest BCUT2D eigenvalue weighted by Gasteiger charge is 2.24. The third-order valence-electron chi connectivity index (χ3n) is 13.2. The van der Waals surface area contributed by atoms with Gasteiger partial charge in [0.05, 0.1) is 77.8 Å². The number of Topliss-reactive ketones (excluding diaryl/α,β-unsaturated/α-hetero) is 1. The molecule has 0 aliphatic carbocycles. The van der Waals surface area contributed by atoms with Crippen molar-refractivity contribution in [2.45, 2.75) is 61.1 Å². The fraction of sp³-hybridized carbons (Fsp3) is 0.220. The van der Waals surface area contributed by atoms with Gasteiger partial charge in [0, 0.05) is 96.1 Å². The zero-order valence-electron chi connectivity index (χ0n) is 45.2. The van der Waals surface area contributed by atoms with Gasteiger partial charge in [-0.1, -0.05) is 22.4 Å². The molecular formula is C59H57N9O11. The molecule has 0 unspecified atom stereocenters. The molecule has 0 aliphatic heterocycles. The highest BCUT2D eigenvalue weighted by molar-refractivity contribution is 6.01. The zero-order chi connectivity index (χ0) is 57.0. The summed E-state index contributed by atoms with van der Waals surface area (Å²) in [7, 11) is 6.43. The molecule has 0 atom stereocenters. The maximum Gasteiger partial charge on any atom is 0.341 e. The number of anilines is 1. The number of benzene rings is 2. The lowest BCUT2D eigenvalue weighted by Gasteiger charge is -2.16. The fourth-order valence-electron chi connectivity index (χ4n) is 9.50. The van der Waals surface area contributed by atoms with E-state index in [1.165, 1.54) is 26.9 Å². The van der Waals surface area contributed by atoms with Gasteiger partial charge in [-0.2, -0.15) is 0 Å². The number of carboxylic acids is 1. The number of fused-ring (bicyclic) bond motifs is 2. The minimum Gasteiger partial charge on any atom is -0.496 e. The summed E-state index contributed by atoms with van der Waals surface area (Å²) in [5, 5.41) is 18.9. The molecule has 20 heteroatoms. The molecule has 0 radical (unpaired) electrons. The SMILES string of the molecule is COc1cc2c(cc1-c1c(C)noc1C)cc(C(=O)Cc1cc(C)c(=O)n(C)c1)c(=O)n2Cc1ccccn1.COc1cc2c(cc1-c1c(C)noc1C)cc(C(=O)O)c(=O)n2Cc1ccccn1.Cc1cc(N)cn(C)c1=O. The third kappa shape index (κ3) is 11.6. The molecule has 3 N–H and O–H groups in total. The van der Waals surface area contributed by atoms with Crippen LogP contribution < -0.4 is 37.4 Å². The summed E-state index contributed by atoms with van der Waals surface area (Å²) in [5.74, 6) is 0.689. The second kappa shape index (κ2) is 23.1. The van der Waals surface area contributed by atoms with Gasteiger partial charge >= 0.3 is 5.97 Å². The van der Waals surface area contributed by atoms with Crippen LogP contribution in [0.5, 0.6) is 11.5 Å². The Kier molecular flexibility index (Phi) is 16.2. The van der Waals surface area contributed by atoms with Gasteiger partial charge in [-0.3, -0.25) is 33.9 Å². The Morgan fingerprint density at radius 1 is 0.595 bits per heavy atom. The number of aromatic nitrogens is 8. The molecule has 0 bridgehead atoms. The first-order valence-electron chi connectivity index (χ1n) is 24.7. The van der Waals surface area contributed by atoms with Crippen molar-refractivity contribution in [3.05, 3.63) is 213 Å². The van der Waals surface area contributed by atoms with E-state index in [1.54, 1.807) is 126 Å². The predicted octanol–water partition coefficient (Wildman–Crippen LogP) is 7.86. The van der Waals surface area contributed by atoms with Crippen molar-refractivity contribution in [3.63, 3.8) is 0 Å². The van der Waals surface area contributed by atoms with Crippen molar-refractivity contribution < 1.29 is 33.2 Å². The van der Waals surface area contributed by atoms with Gasteiger partial charge in [0.25, 0.3) is 22.2 Å². The number of hydrogen-bond acceptors (Lipinski definition) is 15. The molecule has 0 spiro atoms. The molecule has 0 saturated heterocycles. The topological polar surface area (TPSA) is 265 Å². The number of carbonyl (C=O) groups is 2. The lowest BCUT2D eigenvalue weighted by Crippen LogP contribution is -2.28. The van der Waals surface area contributed by atoms with Crippen molar-refractivity contribution in [1.29, 1.82) is 0 Å². The van der Waals surface area contributed by atoms with E-state index >= 15 is 0 Å². The van der Waals surface area contributed by atoms with Crippen LogP contribution in [0, 0.1) is 41.5 Å². The van der Waals surface area contributed by atoms with Crippen LogP contribution in [0.25, 0.3) is 44.1 Å². The number of hydrogen-bond donors (Lipinski definition) is 2. The molecule has 8 aromatic heterocycles. The fourth-order valence-corrected chi connectivity index (χ4v) is 9.50. The quantitative estimate of drug-likeness (QED) is 0.110. The molecule has 10 aromatic rings. The standard InChI is InChI=1S/C30H28N4O5.C22H19N3O5.C7H10N2O/c1-17-10-20(15-33(4)29(17)36)11-26(35)23-12-21-13-24(28-18(2)32-39-19(28)3)27(38-5)14-25(21)34(30(23)37)16-22-8-6-7-9-31-22;1-12-20(13(2)30-24-12)16-8-14-9-17(22(27)28)21(26)25(18(14)10-19(16)29-3)11-15-6-4-5-7-23-15;1-5-3-6(8)4-9(2)7(5)10/h6-10,12-15H,11,16H2,1-5H3;4-10H,11H2,1-3H3,(H,27,28);3-4H,8H2,1-2H3. The van der Waals surface area contributed by atoms with Gasteiger partial charge in [-0.15, -0.1) is 0 Å². The first-order chi connectivity index (χ1) is 37.7. The smallest absolute Gasteiger partial charge is 0.341 e. The highest BCUT2D eigenvalue weighted by Crippen LogP contribution is 2.39. The summed E-state index contributed by atoms with van der Waals surface area (Å²) in [5.41, 5.74) is 13.4. The van der Waals surface area contributed by atoms with E-state index in [-0.39, 0.29) is 47.5 Å². The number of aryl methyl sites for hydroxylation is 8. The number of nitrogens with two attached hydrogens (primary N) is 1. The van der Waals surface area contributed by atoms with Crippen molar-refractivity contribution in [1.82, 2.24) is 38.5 Å². The van der Waals surface area contributed by atoms with E-state index in [0.29, 0.717) is 95.5 Å². The number of nitrogen functional groups attached to an aromatic ring is 1. The van der Waals surface area contributed by atoms with Gasteiger partial charge < -0.3 is 47.6 Å². The Morgan fingerprint density at radius 2 is 1.05 bits per heavy atom. The lowest BCUT2D eigenvalue weighted by molar-refractivity contribution is 0.0694. The van der Waals surface area contributed by atoms with E-state index in [9.17, 15) is 33.9 Å². The van der Waals surface area contributed by atoms with Crippen LogP contribution in [0.2, 0.25) is 0 Å². The molecule has 0 fully saturated rings. The van der Waals surface area contributed by atoms with Crippen LogP contribution in [0.3, 0.4) is 0 Å². The van der Waals surface area contributed by atoms with Crippen LogP contribution in [-0.4, -0.2) is 69.6 Å². The Labute approximate surface area is 451 Å². The van der Waals surface area contributed by atoms with Crippen molar-refractivity contribution in [2.24, 2.45) is 14.1 Å².